The predicted octanol–water partition coefficient (Wildman–Crippen LogP) is 3.83. The highest BCUT2D eigenvalue weighted by Gasteiger charge is 2.10. The van der Waals surface area contributed by atoms with Gasteiger partial charge in [-0.05, 0) is 53.0 Å². The molecule has 17 heavy (non-hydrogen) atoms. The molecule has 0 amide bonds. The molecule has 2 N–H and O–H groups in total. The molecule has 1 aromatic heterocycles. The van der Waals surface area contributed by atoms with E-state index in [2.05, 4.69) is 20.9 Å². The van der Waals surface area contributed by atoms with Crippen LogP contribution in [0.3, 0.4) is 0 Å². The molecule has 0 saturated carbocycles. The summed E-state index contributed by atoms with van der Waals surface area (Å²) in [5.41, 5.74) is 8.61. The maximum Gasteiger partial charge on any atom is 0.180 e. The number of nitrogens with two attached hydrogens (primary N) is 1. The Bertz CT molecular complexity index is 566. The Hall–Kier alpha value is -0.940. The van der Waals surface area contributed by atoms with Crippen LogP contribution in [0.4, 0.5) is 9.52 Å². The van der Waals surface area contributed by atoms with Crippen LogP contribution >= 0.6 is 27.3 Å². The third kappa shape index (κ3) is 2.66. The van der Waals surface area contributed by atoms with Crippen molar-refractivity contribution < 1.29 is 4.39 Å². The van der Waals surface area contributed by atoms with Gasteiger partial charge in [-0.25, -0.2) is 9.37 Å². The van der Waals surface area contributed by atoms with Gasteiger partial charge in [-0.15, -0.1) is 11.3 Å². The van der Waals surface area contributed by atoms with Gasteiger partial charge in [0.15, 0.2) is 5.13 Å². The summed E-state index contributed by atoms with van der Waals surface area (Å²) in [5, 5.41) is 0.563. The molecule has 0 fully saturated rings. The van der Waals surface area contributed by atoms with Gasteiger partial charge >= 0.3 is 0 Å². The molecule has 1 aromatic carbocycles. The lowest BCUT2D eigenvalue weighted by molar-refractivity contribution is 0.618. The fourth-order valence-corrected chi connectivity index (χ4v) is 2.98. The number of hydrogen-bond donors (Lipinski definition) is 1. The smallest absolute Gasteiger partial charge is 0.180 e. The molecule has 0 spiro atoms. The van der Waals surface area contributed by atoms with Gasteiger partial charge in [0.05, 0.1) is 10.2 Å². The van der Waals surface area contributed by atoms with Crippen LogP contribution in [-0.4, -0.2) is 4.98 Å². The number of aromatic nitrogens is 1. The zero-order valence-corrected chi connectivity index (χ0v) is 12.0. The van der Waals surface area contributed by atoms with Gasteiger partial charge in [0, 0.05) is 11.3 Å². The van der Waals surface area contributed by atoms with Crippen molar-refractivity contribution in [2.24, 2.45) is 0 Å². The minimum Gasteiger partial charge on any atom is -0.375 e. The molecule has 0 aliphatic carbocycles. The van der Waals surface area contributed by atoms with Crippen LogP contribution in [0.15, 0.2) is 16.6 Å². The highest BCUT2D eigenvalue weighted by molar-refractivity contribution is 9.10. The number of benzene rings is 1. The molecule has 0 unspecified atom stereocenters. The summed E-state index contributed by atoms with van der Waals surface area (Å²) in [6.45, 7) is 3.89. The Morgan fingerprint density at radius 1 is 1.41 bits per heavy atom. The lowest BCUT2D eigenvalue weighted by Crippen LogP contribution is -1.94. The first-order valence-electron chi connectivity index (χ1n) is 5.13. The molecule has 5 heteroatoms. The van der Waals surface area contributed by atoms with Gasteiger partial charge in [0.25, 0.3) is 0 Å². The fourth-order valence-electron chi connectivity index (χ4n) is 1.67. The average molecular weight is 315 g/mol. The van der Waals surface area contributed by atoms with Gasteiger partial charge in [0.1, 0.15) is 5.82 Å². The van der Waals surface area contributed by atoms with Crippen LogP contribution in [0.5, 0.6) is 0 Å². The molecule has 2 rings (SSSR count). The summed E-state index contributed by atoms with van der Waals surface area (Å²) in [6.07, 6.45) is 0.677. The minimum absolute atomic E-state index is 0.235. The lowest BCUT2D eigenvalue weighted by Gasteiger charge is -2.06. The first kappa shape index (κ1) is 12.5. The number of rotatable bonds is 2. The number of halogens is 2. The van der Waals surface area contributed by atoms with Crippen LogP contribution in [-0.2, 0) is 6.42 Å². The van der Waals surface area contributed by atoms with E-state index in [-0.39, 0.29) is 5.82 Å². The average Bonchev–Trinajstić information content (AvgIpc) is 2.54. The lowest BCUT2D eigenvalue weighted by atomic mass is 10.0. The van der Waals surface area contributed by atoms with Crippen molar-refractivity contribution in [3.63, 3.8) is 0 Å². The zero-order valence-electron chi connectivity index (χ0n) is 9.55. The van der Waals surface area contributed by atoms with Crippen LogP contribution in [0.2, 0.25) is 0 Å². The molecule has 1 heterocycles. The molecule has 2 nitrogen and oxygen atoms in total. The van der Waals surface area contributed by atoms with E-state index in [1.807, 2.05) is 13.8 Å². The van der Waals surface area contributed by atoms with E-state index in [0.717, 1.165) is 21.7 Å². The summed E-state index contributed by atoms with van der Waals surface area (Å²) < 4.78 is 14.0. The largest absolute Gasteiger partial charge is 0.375 e. The van der Waals surface area contributed by atoms with E-state index in [9.17, 15) is 4.39 Å². The van der Waals surface area contributed by atoms with Crippen molar-refractivity contribution >= 4 is 32.4 Å². The van der Waals surface area contributed by atoms with E-state index in [1.54, 1.807) is 12.1 Å². The molecule has 0 radical (unpaired) electrons. The quantitative estimate of drug-likeness (QED) is 0.914. The Labute approximate surface area is 112 Å². The summed E-state index contributed by atoms with van der Waals surface area (Å²) in [4.78, 5) is 5.26. The molecule has 0 aliphatic heterocycles. The van der Waals surface area contributed by atoms with E-state index in [0.29, 0.717) is 16.0 Å². The Balaban J connectivity index is 2.36. The zero-order chi connectivity index (χ0) is 12.6. The summed E-state index contributed by atoms with van der Waals surface area (Å²) in [6, 6.07) is 3.36. The van der Waals surface area contributed by atoms with Gasteiger partial charge in [0.2, 0.25) is 0 Å². The van der Waals surface area contributed by atoms with Crippen LogP contribution in [0.25, 0.3) is 0 Å². The van der Waals surface area contributed by atoms with E-state index >= 15 is 0 Å². The fraction of sp³-hybridized carbons (Fsp3) is 0.250. The third-order valence-corrected chi connectivity index (χ3v) is 4.23. The maximum atomic E-state index is 13.5. The standard InChI is InChI=1S/C12H12BrFN2S/c1-6-3-9(13)10(14)4-8(6)5-11-7(2)16-12(15)17-11/h3-4H,5H2,1-2H3,(H2,15,16). The number of aryl methyl sites for hydroxylation is 2. The SMILES string of the molecule is Cc1cc(Br)c(F)cc1Cc1sc(N)nc1C. The number of hydrogen-bond acceptors (Lipinski definition) is 3. The van der Waals surface area contributed by atoms with E-state index < -0.39 is 0 Å². The summed E-state index contributed by atoms with van der Waals surface area (Å²) >= 11 is 4.64. The van der Waals surface area contributed by atoms with Gasteiger partial charge in [-0.1, -0.05) is 0 Å². The van der Waals surface area contributed by atoms with Crippen molar-refractivity contribution in [2.45, 2.75) is 20.3 Å². The molecular formula is C12H12BrFN2S. The van der Waals surface area contributed by atoms with Gasteiger partial charge < -0.3 is 5.73 Å². The van der Waals surface area contributed by atoms with Crippen LogP contribution in [0, 0.1) is 19.7 Å². The summed E-state index contributed by atoms with van der Waals surface area (Å²) in [7, 11) is 0. The Kier molecular flexibility index (Phi) is 3.49. The third-order valence-electron chi connectivity index (χ3n) is 2.64. The normalized spacial score (nSPS) is 10.8. The molecular weight excluding hydrogens is 303 g/mol. The second-order valence-corrected chi connectivity index (χ2v) is 5.90. The second-order valence-electron chi connectivity index (χ2n) is 3.93. The Morgan fingerprint density at radius 2 is 2.12 bits per heavy atom. The van der Waals surface area contributed by atoms with E-state index in [1.165, 1.54) is 11.3 Å². The molecule has 90 valence electrons. The topological polar surface area (TPSA) is 38.9 Å². The highest BCUT2D eigenvalue weighted by atomic mass is 79.9. The Morgan fingerprint density at radius 3 is 2.71 bits per heavy atom. The van der Waals surface area contributed by atoms with E-state index in [4.69, 9.17) is 5.73 Å². The van der Waals surface area contributed by atoms with Crippen LogP contribution in [0.1, 0.15) is 21.7 Å². The van der Waals surface area contributed by atoms with Crippen molar-refractivity contribution in [2.75, 3.05) is 5.73 Å². The first-order chi connectivity index (χ1) is 7.97. The molecule has 0 atom stereocenters. The van der Waals surface area contributed by atoms with Crippen molar-refractivity contribution in [1.29, 1.82) is 0 Å². The van der Waals surface area contributed by atoms with Crippen LogP contribution < -0.4 is 5.73 Å². The first-order valence-corrected chi connectivity index (χ1v) is 6.74. The van der Waals surface area contributed by atoms with Crippen molar-refractivity contribution in [1.82, 2.24) is 4.98 Å². The highest BCUT2D eigenvalue weighted by Crippen LogP contribution is 2.26. The number of thiazole rings is 1. The molecule has 0 bridgehead atoms. The summed E-state index contributed by atoms with van der Waals surface area (Å²) in [5.74, 6) is -0.235. The number of anilines is 1. The second kappa shape index (κ2) is 4.74. The maximum absolute atomic E-state index is 13.5. The molecule has 2 aromatic rings. The minimum atomic E-state index is -0.235. The predicted molar refractivity (Wildman–Crippen MR) is 72.9 cm³/mol. The monoisotopic (exact) mass is 314 g/mol. The molecule has 0 aliphatic rings. The van der Waals surface area contributed by atoms with Gasteiger partial charge in [-0.2, -0.15) is 0 Å². The number of nitrogen functional groups attached to an aromatic ring is 1. The van der Waals surface area contributed by atoms with Crippen molar-refractivity contribution in [3.8, 4) is 0 Å². The molecule has 0 saturated heterocycles. The van der Waals surface area contributed by atoms with Crippen molar-refractivity contribution in [3.05, 3.63) is 44.1 Å². The number of nitrogens with zero attached hydrogens (tertiary/aromatic N) is 1. The van der Waals surface area contributed by atoms with Gasteiger partial charge in [-0.3, -0.25) is 0 Å².